The fourth-order valence-corrected chi connectivity index (χ4v) is 3.72. The molecule has 0 aliphatic carbocycles. The van der Waals surface area contributed by atoms with Crippen molar-refractivity contribution in [1.82, 2.24) is 0 Å². The molecule has 39 heavy (non-hydrogen) atoms. The molecule has 0 spiro atoms. The third kappa shape index (κ3) is 7.33. The Hall–Kier alpha value is -4.90. The van der Waals surface area contributed by atoms with Gasteiger partial charge in [-0.05, 0) is 90.8 Å². The van der Waals surface area contributed by atoms with Crippen molar-refractivity contribution in [1.29, 1.82) is 0 Å². The van der Waals surface area contributed by atoms with Crippen LogP contribution in [-0.4, -0.2) is 27.3 Å². The predicted octanol–water partition coefficient (Wildman–Crippen LogP) is 5.98. The molecule has 0 fully saturated rings. The molecule has 0 heterocycles. The minimum Gasteiger partial charge on any atom is -0.508 e. The van der Waals surface area contributed by atoms with Crippen LogP contribution in [0.15, 0.2) is 84.9 Å². The molecule has 0 aromatic heterocycles. The van der Waals surface area contributed by atoms with Gasteiger partial charge in [0.15, 0.2) is 0 Å². The van der Waals surface area contributed by atoms with Crippen LogP contribution in [-0.2, 0) is 22.9 Å². The quantitative estimate of drug-likeness (QED) is 0.117. The first-order valence-corrected chi connectivity index (χ1v) is 11.8. The number of aromatic hydroxyl groups is 1. The lowest BCUT2D eigenvalue weighted by Crippen LogP contribution is -2.16. The number of carboxylic acids is 1. The van der Waals surface area contributed by atoms with E-state index in [1.165, 1.54) is 24.3 Å². The number of nitrogens with one attached hydrogen (secondary N) is 2. The molecule has 0 saturated carbocycles. The van der Waals surface area contributed by atoms with E-state index in [1.807, 2.05) is 0 Å². The fraction of sp³-hybridized carbons (Fsp3) is 0.103. The Labute approximate surface area is 223 Å². The Morgan fingerprint density at radius 2 is 1.44 bits per heavy atom. The van der Waals surface area contributed by atoms with E-state index in [4.69, 9.17) is 14.8 Å². The molecule has 0 unspecified atom stereocenters. The van der Waals surface area contributed by atoms with Gasteiger partial charge in [0.25, 0.3) is 5.91 Å². The van der Waals surface area contributed by atoms with Crippen LogP contribution >= 0.6 is 0 Å². The van der Waals surface area contributed by atoms with Crippen molar-refractivity contribution in [2.24, 2.45) is 0 Å². The van der Waals surface area contributed by atoms with E-state index in [-0.39, 0.29) is 30.1 Å². The van der Waals surface area contributed by atoms with Crippen molar-refractivity contribution in [3.8, 4) is 17.2 Å². The molecule has 5 N–H and O–H groups in total. The van der Waals surface area contributed by atoms with Crippen LogP contribution in [0, 0.1) is 6.92 Å². The highest BCUT2D eigenvalue weighted by Crippen LogP contribution is 2.25. The Balaban J connectivity index is 1.30. The second-order valence-corrected chi connectivity index (χ2v) is 8.58. The Morgan fingerprint density at radius 3 is 2.08 bits per heavy atom. The molecule has 0 radical (unpaired) electrons. The lowest BCUT2D eigenvalue weighted by atomic mass is 10.0. The zero-order valence-corrected chi connectivity index (χ0v) is 20.9. The van der Waals surface area contributed by atoms with E-state index in [9.17, 15) is 19.8 Å². The van der Waals surface area contributed by atoms with E-state index in [0.29, 0.717) is 28.4 Å². The summed E-state index contributed by atoms with van der Waals surface area (Å²) in [4.78, 5) is 33.8. The van der Waals surface area contributed by atoms with Gasteiger partial charge in [-0.1, -0.05) is 17.7 Å². The molecule has 4 rings (SSSR count). The number of hydrogen-bond donors (Lipinski definition) is 5. The van der Waals surface area contributed by atoms with Gasteiger partial charge < -0.3 is 20.3 Å². The molecule has 4 aromatic rings. The highest BCUT2D eigenvalue weighted by molar-refractivity contribution is 6.10. The SMILES string of the molecule is Cc1ccc(C(=O)Nc2ccc(Oc3ccc(NOCc4ccc(O)cc4COO)cc3)cc2)c(C(=O)O)c1. The summed E-state index contributed by atoms with van der Waals surface area (Å²) in [6.07, 6.45) is 0. The summed E-state index contributed by atoms with van der Waals surface area (Å²) in [6.45, 7) is 1.85. The van der Waals surface area contributed by atoms with Gasteiger partial charge in [-0.15, -0.1) is 0 Å². The molecule has 0 atom stereocenters. The maximum absolute atomic E-state index is 12.6. The molecular formula is C29H26N2O8. The van der Waals surface area contributed by atoms with Gasteiger partial charge in [0.1, 0.15) is 23.9 Å². The number of carboxylic acid groups (broad SMARTS) is 1. The molecule has 0 saturated heterocycles. The number of anilines is 2. The monoisotopic (exact) mass is 530 g/mol. The van der Waals surface area contributed by atoms with Gasteiger partial charge in [-0.3, -0.25) is 20.4 Å². The Bertz CT molecular complexity index is 1450. The average molecular weight is 531 g/mol. The van der Waals surface area contributed by atoms with Crippen LogP contribution in [0.5, 0.6) is 17.2 Å². The summed E-state index contributed by atoms with van der Waals surface area (Å²) in [5.41, 5.74) is 6.08. The van der Waals surface area contributed by atoms with Crippen molar-refractivity contribution in [3.05, 3.63) is 113 Å². The van der Waals surface area contributed by atoms with E-state index in [0.717, 1.165) is 11.1 Å². The summed E-state index contributed by atoms with van der Waals surface area (Å²) in [6, 6.07) is 23.0. The molecule has 10 nitrogen and oxygen atoms in total. The maximum atomic E-state index is 12.6. The predicted molar refractivity (Wildman–Crippen MR) is 143 cm³/mol. The highest BCUT2D eigenvalue weighted by Gasteiger charge is 2.17. The molecule has 10 heteroatoms. The number of rotatable bonds is 11. The number of ether oxygens (including phenoxy) is 1. The lowest BCUT2D eigenvalue weighted by Gasteiger charge is -2.12. The first-order valence-electron chi connectivity index (χ1n) is 11.8. The summed E-state index contributed by atoms with van der Waals surface area (Å²) in [5, 5.41) is 30.4. The van der Waals surface area contributed by atoms with Gasteiger partial charge in [0.05, 0.1) is 23.4 Å². The number of benzene rings is 4. The van der Waals surface area contributed by atoms with Gasteiger partial charge in [0.2, 0.25) is 0 Å². The third-order valence-electron chi connectivity index (χ3n) is 5.68. The van der Waals surface area contributed by atoms with E-state index < -0.39 is 11.9 Å². The van der Waals surface area contributed by atoms with Crippen molar-refractivity contribution >= 4 is 23.3 Å². The van der Waals surface area contributed by atoms with E-state index in [1.54, 1.807) is 67.6 Å². The first kappa shape index (κ1) is 27.1. The topological polar surface area (TPSA) is 147 Å². The van der Waals surface area contributed by atoms with Crippen LogP contribution in [0.3, 0.4) is 0 Å². The van der Waals surface area contributed by atoms with Gasteiger partial charge in [-0.25, -0.2) is 9.68 Å². The number of aryl methyl sites for hydroxylation is 1. The summed E-state index contributed by atoms with van der Waals surface area (Å²) >= 11 is 0. The summed E-state index contributed by atoms with van der Waals surface area (Å²) < 4.78 is 5.85. The molecule has 200 valence electrons. The molecule has 1 amide bonds. The highest BCUT2D eigenvalue weighted by atomic mass is 17.1. The maximum Gasteiger partial charge on any atom is 0.336 e. The van der Waals surface area contributed by atoms with Crippen molar-refractivity contribution in [3.63, 3.8) is 0 Å². The van der Waals surface area contributed by atoms with Gasteiger partial charge in [-0.2, -0.15) is 0 Å². The zero-order chi connectivity index (χ0) is 27.8. The summed E-state index contributed by atoms with van der Waals surface area (Å²) in [5.74, 6) is -0.512. The Morgan fingerprint density at radius 1 is 0.769 bits per heavy atom. The average Bonchev–Trinajstić information content (AvgIpc) is 2.92. The number of carbonyl (C=O) groups excluding carboxylic acids is 1. The number of hydrogen-bond acceptors (Lipinski definition) is 8. The van der Waals surface area contributed by atoms with Crippen LogP contribution in [0.2, 0.25) is 0 Å². The molecular weight excluding hydrogens is 504 g/mol. The smallest absolute Gasteiger partial charge is 0.336 e. The number of phenolic OH excluding ortho intramolecular Hbond substituents is 1. The Kier molecular flexibility index (Phi) is 8.75. The minimum absolute atomic E-state index is 0.0582. The van der Waals surface area contributed by atoms with Crippen molar-refractivity contribution in [2.45, 2.75) is 20.1 Å². The molecule has 0 bridgehead atoms. The third-order valence-corrected chi connectivity index (χ3v) is 5.68. The van der Waals surface area contributed by atoms with E-state index in [2.05, 4.69) is 15.7 Å². The second kappa shape index (κ2) is 12.6. The number of aromatic carboxylic acids is 1. The first-order chi connectivity index (χ1) is 18.8. The lowest BCUT2D eigenvalue weighted by molar-refractivity contribution is -0.253. The summed E-state index contributed by atoms with van der Waals surface area (Å²) in [7, 11) is 0. The normalized spacial score (nSPS) is 10.6. The van der Waals surface area contributed by atoms with Gasteiger partial charge >= 0.3 is 5.97 Å². The largest absolute Gasteiger partial charge is 0.508 e. The van der Waals surface area contributed by atoms with Crippen LogP contribution in [0.25, 0.3) is 0 Å². The minimum atomic E-state index is -1.17. The second-order valence-electron chi connectivity index (χ2n) is 8.58. The van der Waals surface area contributed by atoms with Crippen molar-refractivity contribution < 1.29 is 39.5 Å². The van der Waals surface area contributed by atoms with Gasteiger partial charge in [0, 0.05) is 5.69 Å². The molecule has 0 aliphatic heterocycles. The van der Waals surface area contributed by atoms with Crippen molar-refractivity contribution in [2.75, 3.05) is 10.8 Å². The molecule has 4 aromatic carbocycles. The zero-order valence-electron chi connectivity index (χ0n) is 20.9. The standard InChI is InChI=1S/C29H26N2O8/c1-18-2-13-26(27(14-18)29(34)35)28(33)30-21-4-9-24(10-5-21)39-25-11-6-22(7-12-25)31-37-16-19-3-8-23(32)15-20(19)17-38-36/h2-15,31-32,36H,16-17H2,1H3,(H,30,33)(H,34,35). The fourth-order valence-electron chi connectivity index (χ4n) is 3.72. The number of amides is 1. The van der Waals surface area contributed by atoms with E-state index >= 15 is 0 Å². The molecule has 0 aliphatic rings. The van der Waals surface area contributed by atoms with Crippen LogP contribution in [0.1, 0.15) is 37.4 Å². The van der Waals surface area contributed by atoms with Crippen LogP contribution < -0.4 is 15.5 Å². The number of phenols is 1. The van der Waals surface area contributed by atoms with Crippen LogP contribution in [0.4, 0.5) is 11.4 Å². The number of carbonyl (C=O) groups is 2.